The van der Waals surface area contributed by atoms with E-state index < -0.39 is 6.10 Å². The van der Waals surface area contributed by atoms with Crippen molar-refractivity contribution in [3.05, 3.63) is 41.5 Å². The van der Waals surface area contributed by atoms with Crippen molar-refractivity contribution in [3.8, 4) is 5.75 Å². The van der Waals surface area contributed by atoms with Gasteiger partial charge in [0.1, 0.15) is 23.9 Å². The summed E-state index contributed by atoms with van der Waals surface area (Å²) in [7, 11) is 1.88. The van der Waals surface area contributed by atoms with E-state index in [1.165, 1.54) is 5.56 Å². The Balaban J connectivity index is 1.43. The first-order valence-corrected chi connectivity index (χ1v) is 12.4. The Morgan fingerprint density at radius 3 is 2.59 bits per heavy atom. The first-order chi connectivity index (χ1) is 16.3. The Morgan fingerprint density at radius 1 is 1.15 bits per heavy atom. The third kappa shape index (κ3) is 5.42. The van der Waals surface area contributed by atoms with Crippen LogP contribution in [0.3, 0.4) is 0 Å². The molecule has 184 valence electrons. The van der Waals surface area contributed by atoms with Gasteiger partial charge in [-0.25, -0.2) is 9.67 Å². The van der Waals surface area contributed by atoms with Gasteiger partial charge < -0.3 is 14.5 Å². The van der Waals surface area contributed by atoms with Crippen LogP contribution in [0.25, 0.3) is 0 Å². The van der Waals surface area contributed by atoms with Crippen LogP contribution in [0.2, 0.25) is 0 Å². The van der Waals surface area contributed by atoms with Gasteiger partial charge in [0.05, 0.1) is 0 Å². The smallest absolute Gasteiger partial charge is 0.263 e. The molecule has 2 aliphatic heterocycles. The summed E-state index contributed by atoms with van der Waals surface area (Å²) in [4.78, 5) is 34.2. The Kier molecular flexibility index (Phi) is 7.24. The number of ether oxygens (including phenoxy) is 1. The SMILES string of the molecule is Cc1nc(C)n(CC(=O)N2CCC3(CCCCc4ccccc4O[C@H](C)C(=O)N(C)C3)CC2)n1. The number of hydrogen-bond acceptors (Lipinski definition) is 5. The summed E-state index contributed by atoms with van der Waals surface area (Å²) >= 11 is 0. The van der Waals surface area contributed by atoms with E-state index in [-0.39, 0.29) is 23.8 Å². The Hall–Kier alpha value is -2.90. The summed E-state index contributed by atoms with van der Waals surface area (Å²) in [6.07, 6.45) is 5.46. The molecular weight excluding hydrogens is 430 g/mol. The molecule has 0 aliphatic carbocycles. The Bertz CT molecular complexity index is 1030. The molecule has 3 heterocycles. The molecule has 4 rings (SSSR count). The second-order valence-electron chi connectivity index (χ2n) is 10.0. The van der Waals surface area contributed by atoms with Crippen LogP contribution in [0, 0.1) is 19.3 Å². The van der Waals surface area contributed by atoms with Crippen molar-refractivity contribution >= 4 is 11.8 Å². The van der Waals surface area contributed by atoms with Gasteiger partial charge in [-0.05, 0) is 69.9 Å². The molecule has 0 unspecified atom stereocenters. The molecule has 0 radical (unpaired) electrons. The lowest BCUT2D eigenvalue weighted by Gasteiger charge is -2.44. The normalized spacial score (nSPS) is 21.4. The molecule has 2 amide bonds. The van der Waals surface area contributed by atoms with Crippen LogP contribution in [0.15, 0.2) is 24.3 Å². The van der Waals surface area contributed by atoms with Gasteiger partial charge in [-0.1, -0.05) is 24.6 Å². The zero-order chi connectivity index (χ0) is 24.3. The molecule has 1 atom stereocenters. The number of rotatable bonds is 2. The highest BCUT2D eigenvalue weighted by atomic mass is 16.5. The number of likely N-dealkylation sites (N-methyl/N-ethyl adjacent to an activating group) is 1. The topological polar surface area (TPSA) is 80.6 Å². The minimum Gasteiger partial charge on any atom is -0.481 e. The maximum Gasteiger partial charge on any atom is 0.263 e. The number of aryl methyl sites for hydroxylation is 3. The van der Waals surface area contributed by atoms with Crippen molar-refractivity contribution < 1.29 is 14.3 Å². The van der Waals surface area contributed by atoms with E-state index in [1.807, 2.05) is 55.8 Å². The molecule has 8 nitrogen and oxygen atoms in total. The maximum absolute atomic E-state index is 13.1. The van der Waals surface area contributed by atoms with Crippen LogP contribution in [-0.2, 0) is 22.6 Å². The predicted molar refractivity (Wildman–Crippen MR) is 129 cm³/mol. The lowest BCUT2D eigenvalue weighted by atomic mass is 9.73. The zero-order valence-electron chi connectivity index (χ0n) is 20.9. The van der Waals surface area contributed by atoms with E-state index in [2.05, 4.69) is 16.1 Å². The molecule has 1 fully saturated rings. The fourth-order valence-corrected chi connectivity index (χ4v) is 5.43. The lowest BCUT2D eigenvalue weighted by Crippen LogP contribution is -2.50. The number of carbonyl (C=O) groups excluding carboxylic acids is 2. The second-order valence-corrected chi connectivity index (χ2v) is 10.0. The van der Waals surface area contributed by atoms with Crippen molar-refractivity contribution in [2.24, 2.45) is 5.41 Å². The average molecular weight is 468 g/mol. The highest BCUT2D eigenvalue weighted by molar-refractivity contribution is 5.80. The van der Waals surface area contributed by atoms with Gasteiger partial charge in [0.25, 0.3) is 5.91 Å². The second kappa shape index (κ2) is 10.2. The molecular formula is C26H37N5O3. The molecule has 0 saturated carbocycles. The zero-order valence-corrected chi connectivity index (χ0v) is 20.9. The van der Waals surface area contributed by atoms with E-state index >= 15 is 0 Å². The molecule has 34 heavy (non-hydrogen) atoms. The molecule has 1 aromatic heterocycles. The summed E-state index contributed by atoms with van der Waals surface area (Å²) < 4.78 is 7.77. The number of fused-ring (bicyclic) bond motifs is 1. The van der Waals surface area contributed by atoms with E-state index in [4.69, 9.17) is 4.74 Å². The van der Waals surface area contributed by atoms with Gasteiger partial charge in [0.15, 0.2) is 6.10 Å². The Morgan fingerprint density at radius 2 is 1.88 bits per heavy atom. The summed E-state index contributed by atoms with van der Waals surface area (Å²) in [5, 5.41) is 4.33. The predicted octanol–water partition coefficient (Wildman–Crippen LogP) is 3.16. The van der Waals surface area contributed by atoms with Gasteiger partial charge >= 0.3 is 0 Å². The van der Waals surface area contributed by atoms with Crippen molar-refractivity contribution in [2.75, 3.05) is 26.7 Å². The summed E-state index contributed by atoms with van der Waals surface area (Å²) in [5.41, 5.74) is 1.19. The van der Waals surface area contributed by atoms with Gasteiger partial charge in [0.2, 0.25) is 5.91 Å². The van der Waals surface area contributed by atoms with Crippen molar-refractivity contribution in [1.29, 1.82) is 0 Å². The van der Waals surface area contributed by atoms with Crippen LogP contribution in [-0.4, -0.2) is 69.2 Å². The number of amides is 2. The number of carbonyl (C=O) groups is 2. The molecule has 2 aliphatic rings. The standard InChI is InChI=1S/C26H37N5O3/c1-19-25(33)29(4)18-26(12-8-7-10-22-9-5-6-11-23(22)34-19)13-15-30(16-14-26)24(32)17-31-21(3)27-20(2)28-31/h5-6,9,11,19H,7-8,10,12-18H2,1-4H3/t19-/m1/s1. The number of hydrogen-bond donors (Lipinski definition) is 0. The number of nitrogens with zero attached hydrogens (tertiary/aromatic N) is 5. The highest BCUT2D eigenvalue weighted by Crippen LogP contribution is 2.38. The quantitative estimate of drug-likeness (QED) is 0.678. The molecule has 1 aromatic carbocycles. The van der Waals surface area contributed by atoms with Gasteiger partial charge in [-0.2, -0.15) is 5.10 Å². The average Bonchev–Trinajstić information content (AvgIpc) is 3.13. The van der Waals surface area contributed by atoms with Gasteiger partial charge in [-0.15, -0.1) is 0 Å². The van der Waals surface area contributed by atoms with Crippen LogP contribution in [0.1, 0.15) is 56.2 Å². The van der Waals surface area contributed by atoms with E-state index in [9.17, 15) is 9.59 Å². The van der Waals surface area contributed by atoms with Crippen molar-refractivity contribution in [2.45, 2.75) is 71.9 Å². The lowest BCUT2D eigenvalue weighted by molar-refractivity contribution is -0.141. The number of benzene rings is 1. The van der Waals surface area contributed by atoms with E-state index in [0.717, 1.165) is 50.1 Å². The minimum atomic E-state index is -0.529. The van der Waals surface area contributed by atoms with Gasteiger partial charge in [-0.3, -0.25) is 9.59 Å². The summed E-state index contributed by atoms with van der Waals surface area (Å²) in [6.45, 7) is 7.90. The monoisotopic (exact) mass is 467 g/mol. The first-order valence-electron chi connectivity index (χ1n) is 12.4. The summed E-state index contributed by atoms with van der Waals surface area (Å²) in [5.74, 6) is 2.35. The molecule has 1 spiro atoms. The van der Waals surface area contributed by atoms with Crippen LogP contribution in [0.5, 0.6) is 5.75 Å². The summed E-state index contributed by atoms with van der Waals surface area (Å²) in [6, 6.07) is 8.05. The van der Waals surface area contributed by atoms with Crippen LogP contribution in [0.4, 0.5) is 0 Å². The fourth-order valence-electron chi connectivity index (χ4n) is 5.43. The number of para-hydroxylation sites is 1. The number of likely N-dealkylation sites (tertiary alicyclic amines) is 1. The maximum atomic E-state index is 13.1. The third-order valence-electron chi connectivity index (χ3n) is 7.40. The van der Waals surface area contributed by atoms with Crippen molar-refractivity contribution in [3.63, 3.8) is 0 Å². The van der Waals surface area contributed by atoms with Crippen LogP contribution < -0.4 is 4.74 Å². The molecule has 0 N–H and O–H groups in total. The largest absolute Gasteiger partial charge is 0.481 e. The molecule has 1 saturated heterocycles. The molecule has 0 bridgehead atoms. The first kappa shape index (κ1) is 24.2. The third-order valence-corrected chi connectivity index (χ3v) is 7.40. The molecule has 8 heteroatoms. The number of aromatic nitrogens is 3. The minimum absolute atomic E-state index is 0.00489. The van der Waals surface area contributed by atoms with Crippen LogP contribution >= 0.6 is 0 Å². The van der Waals surface area contributed by atoms with Gasteiger partial charge in [0, 0.05) is 26.7 Å². The van der Waals surface area contributed by atoms with Crippen molar-refractivity contribution in [1.82, 2.24) is 24.6 Å². The van der Waals surface area contributed by atoms with E-state index in [1.54, 1.807) is 4.68 Å². The Labute approximate surface area is 202 Å². The fraction of sp³-hybridized carbons (Fsp3) is 0.615. The van der Waals surface area contributed by atoms with E-state index in [0.29, 0.717) is 25.5 Å². The molecule has 2 aromatic rings. The highest BCUT2D eigenvalue weighted by Gasteiger charge is 2.38. The number of piperidine rings is 1.